The van der Waals surface area contributed by atoms with Gasteiger partial charge >= 0.3 is 5.97 Å². The number of nitrogens with zero attached hydrogens (tertiary/aromatic N) is 2. The van der Waals surface area contributed by atoms with Crippen LogP contribution in [-0.4, -0.2) is 29.1 Å². The molecule has 0 aromatic heterocycles. The fraction of sp³-hybridized carbons (Fsp3) is 0.0870. The van der Waals surface area contributed by atoms with Crippen molar-refractivity contribution >= 4 is 23.8 Å². The average molecular weight is 433 g/mol. The summed E-state index contributed by atoms with van der Waals surface area (Å²) in [6, 6.07) is 20.6. The molecule has 0 saturated heterocycles. The lowest BCUT2D eigenvalue weighted by Crippen LogP contribution is -2.33. The lowest BCUT2D eigenvalue weighted by atomic mass is 10.2. The van der Waals surface area contributed by atoms with Gasteiger partial charge in [0.05, 0.1) is 16.7 Å². The van der Waals surface area contributed by atoms with Crippen LogP contribution in [0.15, 0.2) is 84.0 Å². The molecule has 9 nitrogen and oxygen atoms in total. The molecule has 0 unspecified atom stereocenters. The lowest BCUT2D eigenvalue weighted by Gasteiger charge is -2.12. The third kappa shape index (κ3) is 6.23. The smallest absolute Gasteiger partial charge is 0.343 e. The molecular formula is C23H19N3O6. The third-order valence-electron chi connectivity index (χ3n) is 4.22. The number of amides is 1. The first-order valence-corrected chi connectivity index (χ1v) is 9.54. The first-order valence-electron chi connectivity index (χ1n) is 9.54. The molecule has 9 heteroatoms. The molecule has 3 aromatic carbocycles. The van der Waals surface area contributed by atoms with Crippen molar-refractivity contribution in [3.05, 3.63) is 100 Å². The van der Waals surface area contributed by atoms with Crippen molar-refractivity contribution in [2.24, 2.45) is 5.10 Å². The second-order valence-corrected chi connectivity index (χ2v) is 6.57. The van der Waals surface area contributed by atoms with E-state index in [1.165, 1.54) is 37.4 Å². The summed E-state index contributed by atoms with van der Waals surface area (Å²) >= 11 is 0. The molecule has 0 aliphatic heterocycles. The maximum atomic E-state index is 12.1. The van der Waals surface area contributed by atoms with E-state index in [-0.39, 0.29) is 5.69 Å². The van der Waals surface area contributed by atoms with Gasteiger partial charge in [-0.1, -0.05) is 18.2 Å². The molecular weight excluding hydrogens is 414 g/mol. The Bertz CT molecular complexity index is 1110. The van der Waals surface area contributed by atoms with Crippen molar-refractivity contribution < 1.29 is 24.0 Å². The summed E-state index contributed by atoms with van der Waals surface area (Å²) in [6.45, 7) is 1.53. The molecule has 0 radical (unpaired) electrons. The van der Waals surface area contributed by atoms with E-state index in [0.717, 1.165) is 0 Å². The summed E-state index contributed by atoms with van der Waals surface area (Å²) < 4.78 is 10.7. The summed E-state index contributed by atoms with van der Waals surface area (Å²) in [6.07, 6.45) is 0.563. The number of nitrogens with one attached hydrogen (secondary N) is 1. The van der Waals surface area contributed by atoms with Crippen LogP contribution in [0.5, 0.6) is 11.5 Å². The number of benzene rings is 3. The third-order valence-corrected chi connectivity index (χ3v) is 4.22. The van der Waals surface area contributed by atoms with E-state index in [1.807, 2.05) is 6.07 Å². The monoisotopic (exact) mass is 433 g/mol. The van der Waals surface area contributed by atoms with Crippen molar-refractivity contribution in [3.63, 3.8) is 0 Å². The standard InChI is InChI=1S/C23H19N3O6/c1-16(31-20-13-9-19(10-14-20)26(29)30)22(27)25-24-15-17-7-11-21(12-8-17)32-23(28)18-5-3-2-4-6-18/h2-16H,1H3,(H,25,27)/b24-15-/t16-/m0/s1. The average Bonchev–Trinajstić information content (AvgIpc) is 2.81. The number of rotatable bonds is 8. The highest BCUT2D eigenvalue weighted by molar-refractivity contribution is 5.91. The normalized spacial score (nSPS) is 11.5. The minimum atomic E-state index is -0.867. The van der Waals surface area contributed by atoms with Gasteiger partial charge in [-0.15, -0.1) is 0 Å². The number of hydrogen-bond acceptors (Lipinski definition) is 7. The Kier molecular flexibility index (Phi) is 7.26. The highest BCUT2D eigenvalue weighted by atomic mass is 16.6. The molecule has 1 amide bonds. The van der Waals surface area contributed by atoms with Gasteiger partial charge in [0, 0.05) is 12.1 Å². The van der Waals surface area contributed by atoms with Crippen molar-refractivity contribution in [1.29, 1.82) is 0 Å². The van der Waals surface area contributed by atoms with Gasteiger partial charge in [-0.05, 0) is 61.0 Å². The second-order valence-electron chi connectivity index (χ2n) is 6.57. The summed E-state index contributed by atoms with van der Waals surface area (Å²) in [5.74, 6) is -0.248. The van der Waals surface area contributed by atoms with Crippen LogP contribution in [-0.2, 0) is 4.79 Å². The fourth-order valence-corrected chi connectivity index (χ4v) is 2.53. The van der Waals surface area contributed by atoms with Gasteiger partial charge in [-0.3, -0.25) is 14.9 Å². The number of nitro groups is 1. The maximum Gasteiger partial charge on any atom is 0.343 e. The maximum absolute atomic E-state index is 12.1. The SMILES string of the molecule is C[C@H](Oc1ccc([N+](=O)[O-])cc1)C(=O)N/N=C\c1ccc(OC(=O)c2ccccc2)cc1. The van der Waals surface area contributed by atoms with Crippen LogP contribution < -0.4 is 14.9 Å². The van der Waals surface area contributed by atoms with Gasteiger partial charge in [0.1, 0.15) is 11.5 Å². The van der Waals surface area contributed by atoms with E-state index in [4.69, 9.17) is 9.47 Å². The number of carbonyl (C=O) groups excluding carboxylic acids is 2. The van der Waals surface area contributed by atoms with Crippen LogP contribution in [0.1, 0.15) is 22.8 Å². The summed E-state index contributed by atoms with van der Waals surface area (Å²) in [4.78, 5) is 34.3. The van der Waals surface area contributed by atoms with E-state index in [0.29, 0.717) is 22.6 Å². The minimum Gasteiger partial charge on any atom is -0.481 e. The lowest BCUT2D eigenvalue weighted by molar-refractivity contribution is -0.384. The Hall–Kier alpha value is -4.53. The zero-order valence-electron chi connectivity index (χ0n) is 17.0. The van der Waals surface area contributed by atoms with Crippen LogP contribution in [0.2, 0.25) is 0 Å². The van der Waals surface area contributed by atoms with E-state index < -0.39 is 22.9 Å². The van der Waals surface area contributed by atoms with Crippen LogP contribution in [0.4, 0.5) is 5.69 Å². The Morgan fingerprint density at radius 2 is 1.59 bits per heavy atom. The van der Waals surface area contributed by atoms with E-state index in [9.17, 15) is 19.7 Å². The van der Waals surface area contributed by atoms with Gasteiger partial charge in [0.25, 0.3) is 11.6 Å². The quantitative estimate of drug-likeness (QED) is 0.190. The molecule has 0 saturated carbocycles. The number of hydrogen-bond donors (Lipinski definition) is 1. The van der Waals surface area contributed by atoms with Crippen LogP contribution in [0.25, 0.3) is 0 Å². The molecule has 0 spiro atoms. The van der Waals surface area contributed by atoms with Crippen molar-refractivity contribution in [3.8, 4) is 11.5 Å². The van der Waals surface area contributed by atoms with Crippen LogP contribution in [0, 0.1) is 10.1 Å². The number of ether oxygens (including phenoxy) is 2. The molecule has 162 valence electrons. The summed E-state index contributed by atoms with van der Waals surface area (Å²) in [5.41, 5.74) is 3.42. The zero-order valence-corrected chi connectivity index (χ0v) is 17.0. The topological polar surface area (TPSA) is 120 Å². The molecule has 1 atom stereocenters. The van der Waals surface area contributed by atoms with Crippen molar-refractivity contribution in [1.82, 2.24) is 5.43 Å². The summed E-state index contributed by atoms with van der Waals surface area (Å²) in [7, 11) is 0. The predicted octanol–water partition coefficient (Wildman–Crippen LogP) is 3.73. The highest BCUT2D eigenvalue weighted by Gasteiger charge is 2.14. The number of esters is 1. The van der Waals surface area contributed by atoms with Crippen LogP contribution in [0.3, 0.4) is 0 Å². The van der Waals surface area contributed by atoms with E-state index in [2.05, 4.69) is 10.5 Å². The Morgan fingerprint density at radius 3 is 2.22 bits per heavy atom. The molecule has 0 fully saturated rings. The van der Waals surface area contributed by atoms with Crippen LogP contribution >= 0.6 is 0 Å². The highest BCUT2D eigenvalue weighted by Crippen LogP contribution is 2.18. The molecule has 0 bridgehead atoms. The molecule has 0 aliphatic rings. The molecule has 0 aliphatic carbocycles. The molecule has 3 rings (SSSR count). The predicted molar refractivity (Wildman–Crippen MR) is 117 cm³/mol. The van der Waals surface area contributed by atoms with Crippen molar-refractivity contribution in [2.45, 2.75) is 13.0 Å². The van der Waals surface area contributed by atoms with Crippen molar-refractivity contribution in [2.75, 3.05) is 0 Å². The minimum absolute atomic E-state index is 0.0695. The molecule has 1 N–H and O–H groups in total. The van der Waals surface area contributed by atoms with Gasteiger partial charge in [-0.2, -0.15) is 5.10 Å². The first-order chi connectivity index (χ1) is 15.4. The van der Waals surface area contributed by atoms with Gasteiger partial charge in [0.2, 0.25) is 0 Å². The molecule has 0 heterocycles. The Morgan fingerprint density at radius 1 is 0.969 bits per heavy atom. The Balaban J connectivity index is 1.48. The van der Waals surface area contributed by atoms with E-state index in [1.54, 1.807) is 48.5 Å². The second kappa shape index (κ2) is 10.5. The van der Waals surface area contributed by atoms with Gasteiger partial charge in [0.15, 0.2) is 6.10 Å². The Labute approximate surface area is 183 Å². The molecule has 3 aromatic rings. The zero-order chi connectivity index (χ0) is 22.9. The fourth-order valence-electron chi connectivity index (χ4n) is 2.53. The number of non-ortho nitro benzene ring substituents is 1. The largest absolute Gasteiger partial charge is 0.481 e. The summed E-state index contributed by atoms with van der Waals surface area (Å²) in [5, 5.41) is 14.5. The molecule has 32 heavy (non-hydrogen) atoms. The number of carbonyl (C=O) groups is 2. The van der Waals surface area contributed by atoms with Gasteiger partial charge in [-0.25, -0.2) is 10.2 Å². The van der Waals surface area contributed by atoms with E-state index >= 15 is 0 Å². The number of nitro benzene ring substituents is 1. The van der Waals surface area contributed by atoms with Gasteiger partial charge < -0.3 is 9.47 Å². The first kappa shape index (κ1) is 22.2. The number of hydrazone groups is 1.